The Morgan fingerprint density at radius 1 is 0.868 bits per heavy atom. The smallest absolute Gasteiger partial charge is 0.335 e. The average Bonchev–Trinajstić information content (AvgIpc) is 3.42. The highest BCUT2D eigenvalue weighted by Gasteiger charge is 2.45. The fraction of sp³-hybridized carbons (Fsp3) is 0.393. The van der Waals surface area contributed by atoms with Crippen molar-refractivity contribution in [3.8, 4) is 5.75 Å². The molecule has 1 aliphatic carbocycles. The van der Waals surface area contributed by atoms with Crippen LogP contribution in [0, 0.1) is 0 Å². The molecule has 10 nitrogen and oxygen atoms in total. The zero-order chi connectivity index (χ0) is 26.6. The van der Waals surface area contributed by atoms with Gasteiger partial charge in [0.25, 0.3) is 11.8 Å². The van der Waals surface area contributed by atoms with Crippen LogP contribution >= 0.6 is 0 Å². The number of imide groups is 2. The van der Waals surface area contributed by atoms with Crippen LogP contribution in [-0.2, 0) is 22.7 Å². The number of carbonyl (C=O) groups is 5. The molecule has 3 heterocycles. The molecule has 2 aromatic carbocycles. The van der Waals surface area contributed by atoms with Crippen molar-refractivity contribution in [2.45, 2.75) is 69.8 Å². The number of carboxylic acid groups (broad SMARTS) is 1. The zero-order valence-corrected chi connectivity index (χ0v) is 20.6. The van der Waals surface area contributed by atoms with Crippen LogP contribution in [-0.4, -0.2) is 62.7 Å². The van der Waals surface area contributed by atoms with Gasteiger partial charge in [0.2, 0.25) is 11.8 Å². The van der Waals surface area contributed by atoms with Gasteiger partial charge in [-0.05, 0) is 79.6 Å². The van der Waals surface area contributed by atoms with Crippen LogP contribution in [0.2, 0.25) is 0 Å². The monoisotopic (exact) mass is 517 g/mol. The van der Waals surface area contributed by atoms with E-state index in [0.29, 0.717) is 36.0 Å². The van der Waals surface area contributed by atoms with E-state index in [9.17, 15) is 24.0 Å². The number of ether oxygens (including phenoxy) is 1. The molecule has 0 aromatic heterocycles. The molecule has 2 aromatic rings. The first kappa shape index (κ1) is 24.3. The lowest BCUT2D eigenvalue weighted by molar-refractivity contribution is -0.136. The summed E-state index contributed by atoms with van der Waals surface area (Å²) in [7, 11) is 0. The molecule has 1 atom stereocenters. The van der Waals surface area contributed by atoms with Crippen molar-refractivity contribution >= 4 is 29.6 Å². The molecule has 4 amide bonds. The maximum absolute atomic E-state index is 13.1. The Labute approximate surface area is 218 Å². The van der Waals surface area contributed by atoms with Crippen LogP contribution in [0.15, 0.2) is 36.4 Å². The molecule has 1 saturated carbocycles. The maximum atomic E-state index is 13.1. The first-order valence-corrected chi connectivity index (χ1v) is 12.9. The van der Waals surface area contributed by atoms with Crippen LogP contribution < -0.4 is 10.1 Å². The Hall–Kier alpha value is -4.05. The quantitative estimate of drug-likeness (QED) is 0.578. The molecule has 0 bridgehead atoms. The number of hydrogen-bond donors (Lipinski definition) is 2. The lowest BCUT2D eigenvalue weighted by atomic mass is 9.92. The number of hydrogen-bond acceptors (Lipinski definition) is 7. The van der Waals surface area contributed by atoms with Crippen LogP contribution in [0.1, 0.15) is 80.7 Å². The van der Waals surface area contributed by atoms with Crippen molar-refractivity contribution in [1.82, 2.24) is 15.1 Å². The summed E-state index contributed by atoms with van der Waals surface area (Å²) < 4.78 is 6.08. The molecule has 1 unspecified atom stereocenters. The number of nitrogens with zero attached hydrogens (tertiary/aromatic N) is 2. The second kappa shape index (κ2) is 9.36. The second-order valence-corrected chi connectivity index (χ2v) is 10.4. The molecule has 0 radical (unpaired) electrons. The summed E-state index contributed by atoms with van der Waals surface area (Å²) in [6, 6.07) is 9.46. The van der Waals surface area contributed by atoms with Crippen molar-refractivity contribution in [2.24, 2.45) is 0 Å². The summed E-state index contributed by atoms with van der Waals surface area (Å²) in [5.74, 6) is -2.25. The van der Waals surface area contributed by atoms with E-state index >= 15 is 0 Å². The number of amides is 4. The summed E-state index contributed by atoms with van der Waals surface area (Å²) in [5, 5.41) is 11.3. The van der Waals surface area contributed by atoms with E-state index < -0.39 is 35.6 Å². The normalized spacial score (nSPS) is 25.3. The van der Waals surface area contributed by atoms with Gasteiger partial charge < -0.3 is 9.84 Å². The standard InChI is InChI=1S/C28H27N3O7/c32-24-10-9-23(25(33)29-24)31-26(34)21-11-16-13-30(14-17(16)12-22(21)27(31)35)18-3-7-20(8-4-18)38-19-5-1-15(2-6-19)28(36)37/h1-2,5-6,11-12,18,20,23H,3-4,7-10,13-14H2,(H,36,37)(H,29,32,33). The summed E-state index contributed by atoms with van der Waals surface area (Å²) in [5.41, 5.74) is 2.92. The van der Waals surface area contributed by atoms with Gasteiger partial charge in [0.05, 0.1) is 22.8 Å². The van der Waals surface area contributed by atoms with Gasteiger partial charge in [-0.3, -0.25) is 34.3 Å². The molecule has 2 N–H and O–H groups in total. The summed E-state index contributed by atoms with van der Waals surface area (Å²) in [4.78, 5) is 64.5. The number of nitrogens with one attached hydrogen (secondary N) is 1. The van der Waals surface area contributed by atoms with Crippen molar-refractivity contribution in [2.75, 3.05) is 0 Å². The zero-order valence-electron chi connectivity index (χ0n) is 20.6. The molecule has 38 heavy (non-hydrogen) atoms. The van der Waals surface area contributed by atoms with Gasteiger partial charge in [0, 0.05) is 25.6 Å². The molecule has 4 aliphatic rings. The lowest BCUT2D eigenvalue weighted by Crippen LogP contribution is -2.54. The minimum Gasteiger partial charge on any atom is -0.490 e. The summed E-state index contributed by atoms with van der Waals surface area (Å²) in [6.45, 7) is 1.38. The van der Waals surface area contributed by atoms with E-state index in [-0.39, 0.29) is 24.5 Å². The summed E-state index contributed by atoms with van der Waals surface area (Å²) in [6.07, 6.45) is 3.98. The topological polar surface area (TPSA) is 133 Å². The third-order valence-corrected chi connectivity index (χ3v) is 8.07. The fourth-order valence-electron chi connectivity index (χ4n) is 6.05. The van der Waals surface area contributed by atoms with Crippen molar-refractivity contribution in [1.29, 1.82) is 0 Å². The number of rotatable bonds is 5. The minimum atomic E-state index is -0.964. The minimum absolute atomic E-state index is 0.0733. The molecular weight excluding hydrogens is 490 g/mol. The van der Waals surface area contributed by atoms with Gasteiger partial charge in [-0.2, -0.15) is 0 Å². The van der Waals surface area contributed by atoms with Gasteiger partial charge in [-0.25, -0.2) is 4.79 Å². The first-order valence-electron chi connectivity index (χ1n) is 12.9. The van der Waals surface area contributed by atoms with Gasteiger partial charge in [-0.1, -0.05) is 0 Å². The van der Waals surface area contributed by atoms with E-state index in [2.05, 4.69) is 10.2 Å². The molecule has 0 spiro atoms. The van der Waals surface area contributed by atoms with E-state index in [4.69, 9.17) is 9.84 Å². The fourth-order valence-corrected chi connectivity index (χ4v) is 6.05. The van der Waals surface area contributed by atoms with Gasteiger partial charge in [0.1, 0.15) is 11.8 Å². The van der Waals surface area contributed by atoms with Crippen LogP contribution in [0.25, 0.3) is 0 Å². The highest BCUT2D eigenvalue weighted by molar-refractivity contribution is 6.23. The van der Waals surface area contributed by atoms with Crippen molar-refractivity contribution in [3.63, 3.8) is 0 Å². The second-order valence-electron chi connectivity index (χ2n) is 10.4. The average molecular weight is 518 g/mol. The molecule has 3 aliphatic heterocycles. The largest absolute Gasteiger partial charge is 0.490 e. The van der Waals surface area contributed by atoms with Crippen LogP contribution in [0.5, 0.6) is 5.75 Å². The molecule has 196 valence electrons. The van der Waals surface area contributed by atoms with Gasteiger partial charge in [0.15, 0.2) is 0 Å². The van der Waals surface area contributed by atoms with Crippen LogP contribution in [0.4, 0.5) is 0 Å². The first-order chi connectivity index (χ1) is 18.3. The summed E-state index contributed by atoms with van der Waals surface area (Å²) >= 11 is 0. The van der Waals surface area contributed by atoms with Gasteiger partial charge in [-0.15, -0.1) is 0 Å². The Morgan fingerprint density at radius 2 is 1.47 bits per heavy atom. The number of piperidine rings is 1. The third kappa shape index (κ3) is 4.24. The Bertz CT molecular complexity index is 1320. The molecule has 2 fully saturated rings. The molecule has 10 heteroatoms. The molecule has 1 saturated heterocycles. The van der Waals surface area contributed by atoms with E-state index in [1.807, 2.05) is 0 Å². The SMILES string of the molecule is O=C1CCC(N2C(=O)c3cc4c(cc3C2=O)CN(C2CCC(Oc3ccc(C(=O)O)cc3)CC2)C4)C(=O)N1. The van der Waals surface area contributed by atoms with E-state index in [1.165, 1.54) is 0 Å². The maximum Gasteiger partial charge on any atom is 0.335 e. The molecular formula is C28H27N3O7. The number of aromatic carboxylic acids is 1. The van der Waals surface area contributed by atoms with Crippen molar-refractivity contribution < 1.29 is 33.8 Å². The van der Waals surface area contributed by atoms with Crippen LogP contribution in [0.3, 0.4) is 0 Å². The van der Waals surface area contributed by atoms with Gasteiger partial charge >= 0.3 is 5.97 Å². The number of benzene rings is 2. The Kier molecular flexibility index (Phi) is 5.98. The number of carbonyl (C=O) groups excluding carboxylic acids is 4. The Morgan fingerprint density at radius 3 is 2.03 bits per heavy atom. The highest BCUT2D eigenvalue weighted by atomic mass is 16.5. The van der Waals surface area contributed by atoms with Crippen molar-refractivity contribution in [3.05, 3.63) is 64.2 Å². The predicted octanol–water partition coefficient (Wildman–Crippen LogP) is 2.49. The third-order valence-electron chi connectivity index (χ3n) is 8.07. The number of fused-ring (bicyclic) bond motifs is 2. The number of carboxylic acids is 1. The van der Waals surface area contributed by atoms with E-state index in [0.717, 1.165) is 41.7 Å². The Balaban J connectivity index is 1.08. The lowest BCUT2D eigenvalue weighted by Gasteiger charge is -2.34. The molecule has 6 rings (SSSR count). The van der Waals surface area contributed by atoms with E-state index in [1.54, 1.807) is 36.4 Å². The predicted molar refractivity (Wildman–Crippen MR) is 132 cm³/mol. The highest BCUT2D eigenvalue weighted by Crippen LogP contribution is 2.36.